The normalized spacial score (nSPS) is 27.8. The molecule has 18 heavy (non-hydrogen) atoms. The molecule has 0 amide bonds. The van der Waals surface area contributed by atoms with Crippen LogP contribution >= 0.6 is 0 Å². The fraction of sp³-hybridized carbons (Fsp3) is 0.538. The first-order valence-electron chi connectivity index (χ1n) is 6.71. The number of hydrogen-bond donors (Lipinski definition) is 1. The lowest BCUT2D eigenvalue weighted by Crippen LogP contribution is -2.34. The average molecular weight is 243 g/mol. The minimum absolute atomic E-state index is 0.543. The van der Waals surface area contributed by atoms with E-state index in [4.69, 9.17) is 0 Å². The van der Waals surface area contributed by atoms with Crippen molar-refractivity contribution in [3.8, 4) is 0 Å². The van der Waals surface area contributed by atoms with E-state index in [1.807, 2.05) is 29.2 Å². The Balaban J connectivity index is 1.62. The SMILES string of the molecule is c1cn2nccc2c(NC2CCN3CCCC23)n1. The van der Waals surface area contributed by atoms with Crippen LogP contribution in [0.25, 0.3) is 5.52 Å². The van der Waals surface area contributed by atoms with Gasteiger partial charge in [0, 0.05) is 31.0 Å². The van der Waals surface area contributed by atoms with Crippen LogP contribution in [-0.4, -0.2) is 44.7 Å². The number of nitrogens with one attached hydrogen (secondary N) is 1. The number of aromatic nitrogens is 3. The van der Waals surface area contributed by atoms with E-state index in [-0.39, 0.29) is 0 Å². The molecule has 0 saturated carbocycles. The van der Waals surface area contributed by atoms with E-state index in [2.05, 4.69) is 20.3 Å². The molecule has 5 heteroatoms. The molecular formula is C13H17N5. The highest BCUT2D eigenvalue weighted by Gasteiger charge is 2.37. The van der Waals surface area contributed by atoms with Crippen LogP contribution in [0.1, 0.15) is 19.3 Å². The molecule has 2 aromatic rings. The zero-order chi connectivity index (χ0) is 11.9. The van der Waals surface area contributed by atoms with Crippen molar-refractivity contribution in [1.29, 1.82) is 0 Å². The number of nitrogens with zero attached hydrogens (tertiary/aromatic N) is 4. The molecule has 1 N–H and O–H groups in total. The van der Waals surface area contributed by atoms with Gasteiger partial charge < -0.3 is 5.32 Å². The zero-order valence-electron chi connectivity index (χ0n) is 10.3. The van der Waals surface area contributed by atoms with Crippen molar-refractivity contribution in [3.63, 3.8) is 0 Å². The van der Waals surface area contributed by atoms with Crippen molar-refractivity contribution in [2.45, 2.75) is 31.3 Å². The van der Waals surface area contributed by atoms with Gasteiger partial charge in [0.2, 0.25) is 0 Å². The Morgan fingerprint density at radius 2 is 2.22 bits per heavy atom. The minimum atomic E-state index is 0.543. The fourth-order valence-electron chi connectivity index (χ4n) is 3.40. The maximum absolute atomic E-state index is 4.47. The Labute approximate surface area is 106 Å². The lowest BCUT2D eigenvalue weighted by molar-refractivity contribution is 0.318. The Bertz CT molecular complexity index is 563. The van der Waals surface area contributed by atoms with Crippen LogP contribution < -0.4 is 5.32 Å². The van der Waals surface area contributed by atoms with E-state index in [0.717, 1.165) is 11.3 Å². The van der Waals surface area contributed by atoms with E-state index in [9.17, 15) is 0 Å². The van der Waals surface area contributed by atoms with Crippen LogP contribution in [0, 0.1) is 0 Å². The van der Waals surface area contributed by atoms with E-state index in [1.54, 1.807) is 0 Å². The fourth-order valence-corrected chi connectivity index (χ4v) is 3.40. The van der Waals surface area contributed by atoms with Gasteiger partial charge in [0.1, 0.15) is 5.52 Å². The van der Waals surface area contributed by atoms with E-state index in [1.165, 1.54) is 32.4 Å². The van der Waals surface area contributed by atoms with Crippen molar-refractivity contribution in [2.24, 2.45) is 0 Å². The molecule has 0 spiro atoms. The highest BCUT2D eigenvalue weighted by Crippen LogP contribution is 2.30. The first kappa shape index (κ1) is 10.3. The van der Waals surface area contributed by atoms with Gasteiger partial charge in [0.25, 0.3) is 0 Å². The largest absolute Gasteiger partial charge is 0.364 e. The van der Waals surface area contributed by atoms with Crippen molar-refractivity contribution in [1.82, 2.24) is 19.5 Å². The molecule has 94 valence electrons. The molecule has 2 aliphatic rings. The summed E-state index contributed by atoms with van der Waals surface area (Å²) in [4.78, 5) is 7.07. The summed E-state index contributed by atoms with van der Waals surface area (Å²) in [6, 6.07) is 3.26. The average Bonchev–Trinajstić information content (AvgIpc) is 3.06. The number of hydrogen-bond acceptors (Lipinski definition) is 4. The number of rotatable bonds is 2. The molecule has 0 radical (unpaired) electrons. The zero-order valence-corrected chi connectivity index (χ0v) is 10.3. The predicted molar refractivity (Wildman–Crippen MR) is 69.6 cm³/mol. The maximum atomic E-state index is 4.47. The molecule has 0 aromatic carbocycles. The molecule has 5 nitrogen and oxygen atoms in total. The van der Waals surface area contributed by atoms with Crippen molar-refractivity contribution < 1.29 is 0 Å². The third kappa shape index (κ3) is 1.50. The summed E-state index contributed by atoms with van der Waals surface area (Å²) in [6.07, 6.45) is 9.40. The monoisotopic (exact) mass is 243 g/mol. The van der Waals surface area contributed by atoms with Crippen molar-refractivity contribution >= 4 is 11.3 Å². The maximum Gasteiger partial charge on any atom is 0.152 e. The summed E-state index contributed by atoms with van der Waals surface area (Å²) in [5.41, 5.74) is 1.06. The van der Waals surface area contributed by atoms with Gasteiger partial charge in [-0.25, -0.2) is 9.50 Å². The van der Waals surface area contributed by atoms with Gasteiger partial charge in [-0.3, -0.25) is 4.90 Å². The van der Waals surface area contributed by atoms with Crippen LogP contribution in [0.5, 0.6) is 0 Å². The van der Waals surface area contributed by atoms with Crippen molar-refractivity contribution in [2.75, 3.05) is 18.4 Å². The molecule has 2 aliphatic heterocycles. The third-order valence-electron chi connectivity index (χ3n) is 4.25. The lowest BCUT2D eigenvalue weighted by atomic mass is 10.1. The second-order valence-electron chi connectivity index (χ2n) is 5.22. The number of fused-ring (bicyclic) bond motifs is 2. The molecule has 4 rings (SSSR count). The van der Waals surface area contributed by atoms with Gasteiger partial charge in [-0.2, -0.15) is 5.10 Å². The van der Waals surface area contributed by atoms with Gasteiger partial charge in [-0.15, -0.1) is 0 Å². The molecule has 2 unspecified atom stereocenters. The molecule has 2 aromatic heterocycles. The molecule has 2 atom stereocenters. The summed E-state index contributed by atoms with van der Waals surface area (Å²) in [5, 5.41) is 7.87. The van der Waals surface area contributed by atoms with Crippen LogP contribution in [-0.2, 0) is 0 Å². The van der Waals surface area contributed by atoms with Crippen LogP contribution in [0.15, 0.2) is 24.7 Å². The Morgan fingerprint density at radius 3 is 3.22 bits per heavy atom. The van der Waals surface area contributed by atoms with Gasteiger partial charge in [-0.1, -0.05) is 0 Å². The Hall–Kier alpha value is -1.62. The van der Waals surface area contributed by atoms with Crippen LogP contribution in [0.4, 0.5) is 5.82 Å². The van der Waals surface area contributed by atoms with Gasteiger partial charge in [0.05, 0.1) is 6.20 Å². The van der Waals surface area contributed by atoms with Crippen LogP contribution in [0.2, 0.25) is 0 Å². The summed E-state index contributed by atoms with van der Waals surface area (Å²) < 4.78 is 1.87. The highest BCUT2D eigenvalue weighted by molar-refractivity contribution is 5.67. The highest BCUT2D eigenvalue weighted by atomic mass is 15.3. The smallest absolute Gasteiger partial charge is 0.152 e. The quantitative estimate of drug-likeness (QED) is 0.865. The second kappa shape index (κ2) is 3.95. The van der Waals surface area contributed by atoms with E-state index < -0.39 is 0 Å². The Morgan fingerprint density at radius 1 is 1.22 bits per heavy atom. The molecule has 4 heterocycles. The summed E-state index contributed by atoms with van der Waals surface area (Å²) in [5.74, 6) is 0.966. The van der Waals surface area contributed by atoms with Crippen LogP contribution in [0.3, 0.4) is 0 Å². The van der Waals surface area contributed by atoms with Gasteiger partial charge >= 0.3 is 0 Å². The predicted octanol–water partition coefficient (Wildman–Crippen LogP) is 1.38. The molecular weight excluding hydrogens is 226 g/mol. The molecule has 0 aliphatic carbocycles. The Kier molecular flexibility index (Phi) is 2.26. The summed E-state index contributed by atoms with van der Waals surface area (Å²) in [7, 11) is 0. The minimum Gasteiger partial charge on any atom is -0.364 e. The first-order valence-corrected chi connectivity index (χ1v) is 6.71. The second-order valence-corrected chi connectivity index (χ2v) is 5.22. The molecule has 2 saturated heterocycles. The van der Waals surface area contributed by atoms with Gasteiger partial charge in [0.15, 0.2) is 5.82 Å². The van der Waals surface area contributed by atoms with Gasteiger partial charge in [-0.05, 0) is 31.9 Å². The van der Waals surface area contributed by atoms with E-state index >= 15 is 0 Å². The summed E-state index contributed by atoms with van der Waals surface area (Å²) >= 11 is 0. The molecule has 0 bridgehead atoms. The lowest BCUT2D eigenvalue weighted by Gasteiger charge is -2.21. The molecule has 2 fully saturated rings. The standard InChI is InChI=1S/C13H17N5/c1-2-11-10(4-8-17(11)7-1)16-13-12-3-5-15-18(12)9-6-14-13/h3,5-6,9-11H,1-2,4,7-8H2,(H,14,16). The summed E-state index contributed by atoms with van der Waals surface area (Å²) in [6.45, 7) is 2.50. The first-order chi connectivity index (χ1) is 8.92. The number of anilines is 1. The third-order valence-corrected chi connectivity index (χ3v) is 4.25. The van der Waals surface area contributed by atoms with E-state index in [0.29, 0.717) is 12.1 Å². The topological polar surface area (TPSA) is 45.5 Å². The van der Waals surface area contributed by atoms with Crippen molar-refractivity contribution in [3.05, 3.63) is 24.7 Å².